The number of methoxy groups -OCH3 is 2. The van der Waals surface area contributed by atoms with Gasteiger partial charge in [-0.3, -0.25) is 4.79 Å². The molecule has 2 heterocycles. The molecule has 0 aliphatic carbocycles. The Morgan fingerprint density at radius 2 is 1.81 bits per heavy atom. The zero-order chi connectivity index (χ0) is 19.2. The number of nitrogens with zero attached hydrogens (tertiary/aromatic N) is 2. The van der Waals surface area contributed by atoms with Crippen LogP contribution in [0.1, 0.15) is 35.4 Å². The lowest BCUT2D eigenvalue weighted by Gasteiger charge is -2.26. The molecule has 3 rings (SSSR count). The smallest absolute Gasteiger partial charge is 0.271 e. The van der Waals surface area contributed by atoms with Crippen LogP contribution in [0.15, 0.2) is 38.3 Å². The van der Waals surface area contributed by atoms with Crippen molar-refractivity contribution in [3.8, 4) is 11.5 Å². The van der Waals surface area contributed by atoms with E-state index >= 15 is 0 Å². The van der Waals surface area contributed by atoms with Gasteiger partial charge in [0.25, 0.3) is 5.91 Å². The van der Waals surface area contributed by atoms with Crippen LogP contribution in [0, 0.1) is 0 Å². The van der Waals surface area contributed by atoms with Crippen LogP contribution in [-0.4, -0.2) is 39.4 Å². The molecule has 1 aromatic carbocycles. The normalized spacial score (nSPS) is 14.4. The summed E-state index contributed by atoms with van der Waals surface area (Å²) in [5.74, 6) is 2.06. The van der Waals surface area contributed by atoms with E-state index in [2.05, 4.69) is 31.4 Å². The van der Waals surface area contributed by atoms with Gasteiger partial charge in [-0.05, 0) is 47.3 Å². The summed E-state index contributed by atoms with van der Waals surface area (Å²) in [4.78, 5) is 14.5. The molecule has 0 radical (unpaired) electrons. The Morgan fingerprint density at radius 1 is 1.15 bits per heavy atom. The van der Waals surface area contributed by atoms with Crippen molar-refractivity contribution in [1.82, 2.24) is 5.43 Å². The first-order chi connectivity index (χ1) is 13.1. The van der Waals surface area contributed by atoms with E-state index < -0.39 is 0 Å². The van der Waals surface area contributed by atoms with Gasteiger partial charge in [0.15, 0.2) is 5.76 Å². The first-order valence-corrected chi connectivity index (χ1v) is 9.51. The maximum absolute atomic E-state index is 12.3. The Kier molecular flexibility index (Phi) is 6.39. The molecule has 1 aliphatic rings. The Labute approximate surface area is 166 Å². The second-order valence-corrected chi connectivity index (χ2v) is 7.00. The van der Waals surface area contributed by atoms with E-state index in [0.717, 1.165) is 36.3 Å². The van der Waals surface area contributed by atoms with Gasteiger partial charge in [-0.2, -0.15) is 5.10 Å². The minimum absolute atomic E-state index is 0.370. The van der Waals surface area contributed by atoms with Crippen molar-refractivity contribution in [2.24, 2.45) is 5.10 Å². The number of anilines is 1. The van der Waals surface area contributed by atoms with Gasteiger partial charge in [-0.15, -0.1) is 0 Å². The third-order valence-corrected chi connectivity index (χ3v) is 4.87. The number of hydrogen-bond acceptors (Lipinski definition) is 6. The van der Waals surface area contributed by atoms with E-state index in [-0.39, 0.29) is 5.91 Å². The van der Waals surface area contributed by atoms with Crippen molar-refractivity contribution < 1.29 is 18.7 Å². The standard InChI is InChI=1S/C19H22BrN3O4/c1-25-14-8-13(9-15(10-14)26-2)18(24)22-21-12-16-11-17(20)19(27-16)23-6-4-3-5-7-23/h8-12H,3-7H2,1-2H3,(H,22,24)/b21-12-. The second kappa shape index (κ2) is 8.94. The van der Waals surface area contributed by atoms with Gasteiger partial charge in [0.05, 0.1) is 24.9 Å². The molecule has 1 saturated heterocycles. The van der Waals surface area contributed by atoms with Crippen LogP contribution in [0.5, 0.6) is 11.5 Å². The minimum atomic E-state index is -0.370. The van der Waals surface area contributed by atoms with Crippen LogP contribution in [0.3, 0.4) is 0 Å². The number of carbonyl (C=O) groups excluding carboxylic acids is 1. The van der Waals surface area contributed by atoms with Crippen molar-refractivity contribution in [3.05, 3.63) is 40.1 Å². The van der Waals surface area contributed by atoms with E-state index in [1.54, 1.807) is 18.2 Å². The lowest BCUT2D eigenvalue weighted by molar-refractivity contribution is 0.0954. The molecule has 1 aliphatic heterocycles. The van der Waals surface area contributed by atoms with Gasteiger partial charge in [0, 0.05) is 30.8 Å². The molecule has 144 valence electrons. The van der Waals surface area contributed by atoms with Crippen molar-refractivity contribution in [1.29, 1.82) is 0 Å². The largest absolute Gasteiger partial charge is 0.497 e. The van der Waals surface area contributed by atoms with Crippen molar-refractivity contribution in [3.63, 3.8) is 0 Å². The van der Waals surface area contributed by atoms with Gasteiger partial charge in [0.2, 0.25) is 5.88 Å². The van der Waals surface area contributed by atoms with Gasteiger partial charge >= 0.3 is 0 Å². The summed E-state index contributed by atoms with van der Waals surface area (Å²) in [5, 5.41) is 3.99. The maximum atomic E-state index is 12.3. The number of hydrazone groups is 1. The zero-order valence-corrected chi connectivity index (χ0v) is 16.9. The van der Waals surface area contributed by atoms with Crippen LogP contribution in [0.2, 0.25) is 0 Å². The number of nitrogens with one attached hydrogen (secondary N) is 1. The molecule has 0 bridgehead atoms. The van der Waals surface area contributed by atoms with E-state index in [1.165, 1.54) is 26.9 Å². The Hall–Kier alpha value is -2.48. The molecular formula is C19H22BrN3O4. The van der Waals surface area contributed by atoms with Crippen molar-refractivity contribution in [2.75, 3.05) is 32.2 Å². The van der Waals surface area contributed by atoms with Gasteiger partial charge in [-0.1, -0.05) is 0 Å². The number of furan rings is 1. The fraction of sp³-hybridized carbons (Fsp3) is 0.368. The predicted molar refractivity (Wildman–Crippen MR) is 107 cm³/mol. The maximum Gasteiger partial charge on any atom is 0.271 e. The van der Waals surface area contributed by atoms with E-state index in [4.69, 9.17) is 13.9 Å². The molecule has 1 N–H and O–H groups in total. The number of ether oxygens (including phenoxy) is 2. The predicted octanol–water partition coefficient (Wildman–Crippen LogP) is 3.81. The Morgan fingerprint density at radius 3 is 2.44 bits per heavy atom. The summed E-state index contributed by atoms with van der Waals surface area (Å²) in [6, 6.07) is 6.77. The molecule has 1 amide bonds. The number of amides is 1. The van der Waals surface area contributed by atoms with Gasteiger partial charge in [-0.25, -0.2) is 5.43 Å². The highest BCUT2D eigenvalue weighted by Crippen LogP contribution is 2.31. The molecule has 1 fully saturated rings. The van der Waals surface area contributed by atoms with Crippen molar-refractivity contribution in [2.45, 2.75) is 19.3 Å². The summed E-state index contributed by atoms with van der Waals surface area (Å²) in [6.45, 7) is 1.97. The number of hydrogen-bond donors (Lipinski definition) is 1. The fourth-order valence-corrected chi connectivity index (χ4v) is 3.47. The summed E-state index contributed by atoms with van der Waals surface area (Å²) in [5.41, 5.74) is 2.88. The fourth-order valence-electron chi connectivity index (χ4n) is 2.91. The van der Waals surface area contributed by atoms with E-state index in [9.17, 15) is 4.79 Å². The van der Waals surface area contributed by atoms with Crippen LogP contribution in [0.4, 0.5) is 5.88 Å². The molecule has 0 unspecified atom stereocenters. The summed E-state index contributed by atoms with van der Waals surface area (Å²) < 4.78 is 17.1. The molecule has 1 aromatic heterocycles. The number of halogens is 1. The molecular weight excluding hydrogens is 414 g/mol. The highest BCUT2D eigenvalue weighted by molar-refractivity contribution is 9.10. The highest BCUT2D eigenvalue weighted by Gasteiger charge is 2.18. The molecule has 7 nitrogen and oxygen atoms in total. The Bertz CT molecular complexity index is 806. The SMILES string of the molecule is COc1cc(OC)cc(C(=O)N/N=C\c2cc(Br)c(N3CCCCC3)o2)c1. The van der Waals surface area contributed by atoms with E-state index in [1.807, 2.05) is 6.07 Å². The minimum Gasteiger partial charge on any atom is -0.497 e. The number of piperidine rings is 1. The molecule has 0 atom stereocenters. The van der Waals surface area contributed by atoms with Crippen LogP contribution in [0.25, 0.3) is 0 Å². The third kappa shape index (κ3) is 4.82. The first-order valence-electron chi connectivity index (χ1n) is 8.71. The topological polar surface area (TPSA) is 76.3 Å². The molecule has 2 aromatic rings. The van der Waals surface area contributed by atoms with Gasteiger partial charge in [0.1, 0.15) is 11.5 Å². The molecule has 27 heavy (non-hydrogen) atoms. The molecule has 0 saturated carbocycles. The monoisotopic (exact) mass is 435 g/mol. The highest BCUT2D eigenvalue weighted by atomic mass is 79.9. The van der Waals surface area contributed by atoms with E-state index in [0.29, 0.717) is 22.8 Å². The second-order valence-electron chi connectivity index (χ2n) is 6.15. The van der Waals surface area contributed by atoms with Crippen molar-refractivity contribution >= 4 is 33.9 Å². The zero-order valence-electron chi connectivity index (χ0n) is 15.3. The van der Waals surface area contributed by atoms with Crippen LogP contribution < -0.4 is 19.8 Å². The first kappa shape index (κ1) is 19.3. The molecule has 0 spiro atoms. The lowest BCUT2D eigenvalue weighted by atomic mass is 10.1. The average molecular weight is 436 g/mol. The third-order valence-electron chi connectivity index (χ3n) is 4.30. The van der Waals surface area contributed by atoms with Crippen LogP contribution in [-0.2, 0) is 0 Å². The number of rotatable bonds is 6. The number of carbonyl (C=O) groups is 1. The Balaban J connectivity index is 1.66. The number of benzene rings is 1. The quantitative estimate of drug-likeness (QED) is 0.551. The summed E-state index contributed by atoms with van der Waals surface area (Å²) in [7, 11) is 3.06. The van der Waals surface area contributed by atoms with Crippen LogP contribution >= 0.6 is 15.9 Å². The molecule has 8 heteroatoms. The average Bonchev–Trinajstić information content (AvgIpc) is 3.08. The van der Waals surface area contributed by atoms with Gasteiger partial charge < -0.3 is 18.8 Å². The summed E-state index contributed by atoms with van der Waals surface area (Å²) in [6.07, 6.45) is 5.06. The lowest BCUT2D eigenvalue weighted by Crippen LogP contribution is -2.29. The summed E-state index contributed by atoms with van der Waals surface area (Å²) >= 11 is 3.53.